The van der Waals surface area contributed by atoms with E-state index >= 15 is 0 Å². The summed E-state index contributed by atoms with van der Waals surface area (Å²) in [7, 11) is 1.62. The Balaban J connectivity index is 1.87. The molecule has 0 aliphatic rings. The molecular formula is C16H15NO2S2. The summed E-state index contributed by atoms with van der Waals surface area (Å²) in [5, 5.41) is 6.31. The Labute approximate surface area is 131 Å². The highest BCUT2D eigenvalue weighted by Gasteiger charge is 2.18. The molecule has 108 valence electrons. The summed E-state index contributed by atoms with van der Waals surface area (Å²) in [5.41, 5.74) is 3.08. The van der Waals surface area contributed by atoms with E-state index < -0.39 is 0 Å². The number of ether oxygens (including phenoxy) is 1. The van der Waals surface area contributed by atoms with Crippen LogP contribution >= 0.6 is 22.7 Å². The third-order valence-electron chi connectivity index (χ3n) is 3.41. The van der Waals surface area contributed by atoms with Crippen molar-refractivity contribution in [2.75, 3.05) is 12.4 Å². The highest BCUT2D eigenvalue weighted by atomic mass is 32.2. The van der Waals surface area contributed by atoms with Crippen molar-refractivity contribution in [1.29, 1.82) is 0 Å². The molecule has 0 spiro atoms. The smallest absolute Gasteiger partial charge is 0.266 e. The molecule has 5 heteroatoms. The van der Waals surface area contributed by atoms with Crippen molar-refractivity contribution in [2.24, 2.45) is 0 Å². The van der Waals surface area contributed by atoms with E-state index in [2.05, 4.69) is 17.6 Å². The minimum Gasteiger partial charge on any atom is -0.497 e. The first-order chi connectivity index (χ1) is 10.1. The number of nitrogens with one attached hydrogen (secondary N) is 1. The van der Waals surface area contributed by atoms with Crippen LogP contribution in [0, 0.1) is 13.8 Å². The third kappa shape index (κ3) is 2.54. The highest BCUT2D eigenvalue weighted by Crippen LogP contribution is 2.37. The van der Waals surface area contributed by atoms with Crippen molar-refractivity contribution in [1.82, 2.24) is 0 Å². The monoisotopic (exact) mass is 317 g/mol. The van der Waals surface area contributed by atoms with Crippen LogP contribution in [0.3, 0.4) is 0 Å². The molecule has 0 radical (unpaired) electrons. The number of carbonyl (C=O) groups excluding carboxylic acids is 1. The summed E-state index contributed by atoms with van der Waals surface area (Å²) in [6.07, 6.45) is 0. The van der Waals surface area contributed by atoms with Gasteiger partial charge in [0, 0.05) is 11.1 Å². The fourth-order valence-corrected chi connectivity index (χ4v) is 4.73. The van der Waals surface area contributed by atoms with Crippen LogP contribution in [-0.2, 0) is 0 Å². The Morgan fingerprint density at radius 3 is 2.52 bits per heavy atom. The van der Waals surface area contributed by atoms with Crippen molar-refractivity contribution >= 4 is 43.7 Å². The van der Waals surface area contributed by atoms with Gasteiger partial charge < -0.3 is 10.1 Å². The van der Waals surface area contributed by atoms with Gasteiger partial charge in [0.25, 0.3) is 5.91 Å². The number of methoxy groups -OCH3 is 1. The van der Waals surface area contributed by atoms with Crippen molar-refractivity contribution in [3.05, 3.63) is 45.6 Å². The molecule has 1 N–H and O–H groups in total. The first kappa shape index (κ1) is 14.1. The highest BCUT2D eigenvalue weighted by molar-refractivity contribution is 7.38. The molecule has 0 atom stereocenters. The number of fused-ring (bicyclic) bond motifs is 1. The minimum atomic E-state index is -0.0505. The number of thiophene rings is 2. The lowest BCUT2D eigenvalue weighted by Gasteiger charge is -2.06. The van der Waals surface area contributed by atoms with Crippen molar-refractivity contribution in [3.8, 4) is 5.75 Å². The fraction of sp³-hybridized carbons (Fsp3) is 0.188. The Kier molecular flexibility index (Phi) is 3.69. The second-order valence-electron chi connectivity index (χ2n) is 4.82. The predicted octanol–water partition coefficient (Wildman–Crippen LogP) is 4.84. The van der Waals surface area contributed by atoms with E-state index in [1.807, 2.05) is 31.2 Å². The summed E-state index contributed by atoms with van der Waals surface area (Å²) in [6.45, 7) is 4.10. The van der Waals surface area contributed by atoms with Crippen LogP contribution in [0.15, 0.2) is 29.6 Å². The Hall–Kier alpha value is -1.85. The third-order valence-corrected chi connectivity index (χ3v) is 5.92. The van der Waals surface area contributed by atoms with Crippen LogP contribution < -0.4 is 10.1 Å². The maximum absolute atomic E-state index is 12.4. The van der Waals surface area contributed by atoms with Crippen molar-refractivity contribution in [2.45, 2.75) is 13.8 Å². The van der Waals surface area contributed by atoms with E-state index in [1.165, 1.54) is 15.0 Å². The molecule has 0 saturated carbocycles. The predicted molar refractivity (Wildman–Crippen MR) is 90.1 cm³/mol. The molecule has 3 aromatic rings. The summed E-state index contributed by atoms with van der Waals surface area (Å²) >= 11 is 3.26. The van der Waals surface area contributed by atoms with Gasteiger partial charge in [-0.3, -0.25) is 4.79 Å². The number of hydrogen-bond donors (Lipinski definition) is 1. The van der Waals surface area contributed by atoms with E-state index in [1.54, 1.807) is 29.8 Å². The average Bonchev–Trinajstić information content (AvgIpc) is 3.01. The topological polar surface area (TPSA) is 38.3 Å². The Morgan fingerprint density at radius 2 is 1.90 bits per heavy atom. The number of hydrogen-bond acceptors (Lipinski definition) is 4. The molecule has 1 amide bonds. The van der Waals surface area contributed by atoms with Gasteiger partial charge in [0.15, 0.2) is 0 Å². The van der Waals surface area contributed by atoms with Gasteiger partial charge in [-0.15, -0.1) is 22.7 Å². The lowest BCUT2D eigenvalue weighted by atomic mass is 10.1. The molecule has 21 heavy (non-hydrogen) atoms. The Bertz CT molecular complexity index is 800. The molecule has 0 aliphatic heterocycles. The second-order valence-corrected chi connectivity index (χ2v) is 6.98. The second kappa shape index (κ2) is 5.50. The molecular weight excluding hydrogens is 302 g/mol. The molecule has 1 aromatic carbocycles. The van der Waals surface area contributed by atoms with Crippen LogP contribution in [0.1, 0.15) is 20.8 Å². The van der Waals surface area contributed by atoms with Gasteiger partial charge in [0.1, 0.15) is 5.75 Å². The largest absolute Gasteiger partial charge is 0.497 e. The van der Waals surface area contributed by atoms with Gasteiger partial charge in [0.2, 0.25) is 0 Å². The quantitative estimate of drug-likeness (QED) is 0.750. The summed E-state index contributed by atoms with van der Waals surface area (Å²) in [6, 6.07) is 7.35. The van der Waals surface area contributed by atoms with E-state index in [-0.39, 0.29) is 5.91 Å². The molecule has 3 rings (SSSR count). The van der Waals surface area contributed by atoms with Gasteiger partial charge >= 0.3 is 0 Å². The number of aryl methyl sites for hydroxylation is 2. The molecule has 2 heterocycles. The van der Waals surface area contributed by atoms with Crippen LogP contribution in [-0.4, -0.2) is 13.0 Å². The van der Waals surface area contributed by atoms with Crippen LogP contribution in [0.2, 0.25) is 0 Å². The van der Waals surface area contributed by atoms with E-state index in [0.717, 1.165) is 21.9 Å². The maximum Gasteiger partial charge on any atom is 0.266 e. The molecule has 2 aromatic heterocycles. The van der Waals surface area contributed by atoms with Crippen molar-refractivity contribution in [3.63, 3.8) is 0 Å². The van der Waals surface area contributed by atoms with Crippen LogP contribution in [0.5, 0.6) is 5.75 Å². The van der Waals surface area contributed by atoms with Gasteiger partial charge in [-0.05, 0) is 54.6 Å². The fourth-order valence-electron chi connectivity index (χ4n) is 2.31. The molecule has 0 saturated heterocycles. The first-order valence-electron chi connectivity index (χ1n) is 6.52. The molecule has 0 aliphatic carbocycles. The van der Waals surface area contributed by atoms with E-state index in [9.17, 15) is 4.79 Å². The number of carbonyl (C=O) groups is 1. The zero-order valence-electron chi connectivity index (χ0n) is 12.0. The van der Waals surface area contributed by atoms with Gasteiger partial charge in [-0.1, -0.05) is 0 Å². The van der Waals surface area contributed by atoms with Gasteiger partial charge in [0.05, 0.1) is 16.0 Å². The van der Waals surface area contributed by atoms with Crippen LogP contribution in [0.25, 0.3) is 9.40 Å². The SMILES string of the molecule is COc1ccc(NC(=O)c2sc3scc(C)c3c2C)cc1. The average molecular weight is 317 g/mol. The first-order valence-corrected chi connectivity index (χ1v) is 8.22. The molecule has 0 bridgehead atoms. The zero-order valence-corrected chi connectivity index (χ0v) is 13.7. The van der Waals surface area contributed by atoms with E-state index in [0.29, 0.717) is 0 Å². The lowest BCUT2D eigenvalue weighted by molar-refractivity contribution is 0.103. The van der Waals surface area contributed by atoms with Crippen LogP contribution in [0.4, 0.5) is 5.69 Å². The zero-order chi connectivity index (χ0) is 15.0. The maximum atomic E-state index is 12.4. The van der Waals surface area contributed by atoms with Gasteiger partial charge in [-0.2, -0.15) is 0 Å². The number of amides is 1. The molecule has 0 unspecified atom stereocenters. The molecule has 3 nitrogen and oxygen atoms in total. The Morgan fingerprint density at radius 1 is 1.19 bits per heavy atom. The van der Waals surface area contributed by atoms with Crippen molar-refractivity contribution < 1.29 is 9.53 Å². The van der Waals surface area contributed by atoms with E-state index in [4.69, 9.17) is 4.74 Å². The number of benzene rings is 1. The summed E-state index contributed by atoms with van der Waals surface area (Å²) < 4.78 is 6.32. The number of rotatable bonds is 3. The summed E-state index contributed by atoms with van der Waals surface area (Å²) in [4.78, 5) is 13.2. The lowest BCUT2D eigenvalue weighted by Crippen LogP contribution is -2.11. The molecule has 0 fully saturated rings. The normalized spacial score (nSPS) is 10.8. The standard InChI is InChI=1S/C16H15NO2S2/c1-9-8-20-16-13(9)10(2)14(21-16)15(18)17-11-4-6-12(19-3)7-5-11/h4-8H,1-3H3,(H,17,18). The minimum absolute atomic E-state index is 0.0505. The summed E-state index contributed by atoms with van der Waals surface area (Å²) in [5.74, 6) is 0.724. The van der Waals surface area contributed by atoms with Gasteiger partial charge in [-0.25, -0.2) is 0 Å². The number of anilines is 1.